The Kier molecular flexibility index (Phi) is 3.77. The van der Waals surface area contributed by atoms with Crippen LogP contribution in [-0.4, -0.2) is 36.3 Å². The highest BCUT2D eigenvalue weighted by molar-refractivity contribution is 7.13. The Morgan fingerprint density at radius 1 is 1.50 bits per heavy atom. The summed E-state index contributed by atoms with van der Waals surface area (Å²) in [6, 6.07) is 0. The molecule has 0 aliphatic heterocycles. The molecule has 3 nitrogen and oxygen atoms in total. The van der Waals surface area contributed by atoms with Crippen molar-refractivity contribution in [2.45, 2.75) is 20.3 Å². The van der Waals surface area contributed by atoms with Gasteiger partial charge in [-0.3, -0.25) is 4.79 Å². The lowest BCUT2D eigenvalue weighted by Crippen LogP contribution is -2.14. The average Bonchev–Trinajstić information content (AvgIpc) is 2.43. The van der Waals surface area contributed by atoms with Gasteiger partial charge in [0.1, 0.15) is 0 Å². The van der Waals surface area contributed by atoms with Crippen LogP contribution in [0.5, 0.6) is 0 Å². The molecule has 1 rings (SSSR count). The SMILES string of the molecule is CC(=O)c1sc(CCN(C)C)nc1C. The van der Waals surface area contributed by atoms with E-state index in [1.165, 1.54) is 11.3 Å². The number of Topliss-reactive ketones (excluding diaryl/α,β-unsaturated/α-hetero) is 1. The van der Waals surface area contributed by atoms with Gasteiger partial charge in [-0.2, -0.15) is 0 Å². The lowest BCUT2D eigenvalue weighted by molar-refractivity contribution is 0.102. The van der Waals surface area contributed by atoms with E-state index < -0.39 is 0 Å². The average molecular weight is 212 g/mol. The van der Waals surface area contributed by atoms with Crippen molar-refractivity contribution in [3.63, 3.8) is 0 Å². The summed E-state index contributed by atoms with van der Waals surface area (Å²) in [5.41, 5.74) is 0.872. The summed E-state index contributed by atoms with van der Waals surface area (Å²) in [6.07, 6.45) is 0.922. The third kappa shape index (κ3) is 2.89. The molecule has 0 fully saturated rings. The van der Waals surface area contributed by atoms with Gasteiger partial charge >= 0.3 is 0 Å². The summed E-state index contributed by atoms with van der Waals surface area (Å²) in [7, 11) is 4.07. The maximum absolute atomic E-state index is 11.2. The Bertz CT molecular complexity index is 331. The molecule has 1 heterocycles. The second kappa shape index (κ2) is 4.66. The maximum Gasteiger partial charge on any atom is 0.171 e. The number of aryl methyl sites for hydroxylation is 1. The Balaban J connectivity index is 2.71. The molecule has 0 radical (unpaired) electrons. The zero-order chi connectivity index (χ0) is 10.7. The van der Waals surface area contributed by atoms with E-state index in [-0.39, 0.29) is 5.78 Å². The predicted molar refractivity (Wildman–Crippen MR) is 59.1 cm³/mol. The molecule has 1 aromatic rings. The summed E-state index contributed by atoms with van der Waals surface area (Å²) in [5.74, 6) is 0.121. The number of thiazole rings is 1. The van der Waals surface area contributed by atoms with E-state index >= 15 is 0 Å². The van der Waals surface area contributed by atoms with Crippen molar-refractivity contribution in [2.24, 2.45) is 0 Å². The van der Waals surface area contributed by atoms with E-state index in [1.54, 1.807) is 6.92 Å². The van der Waals surface area contributed by atoms with E-state index in [0.29, 0.717) is 0 Å². The van der Waals surface area contributed by atoms with Gasteiger partial charge in [-0.05, 0) is 21.0 Å². The molecular formula is C10H16N2OS. The van der Waals surface area contributed by atoms with Gasteiger partial charge in [-0.15, -0.1) is 11.3 Å². The third-order valence-corrected chi connectivity index (χ3v) is 3.25. The Hall–Kier alpha value is -0.740. The van der Waals surface area contributed by atoms with Crippen LogP contribution in [0.1, 0.15) is 27.3 Å². The highest BCUT2D eigenvalue weighted by Crippen LogP contribution is 2.18. The van der Waals surface area contributed by atoms with Gasteiger partial charge in [-0.1, -0.05) is 0 Å². The van der Waals surface area contributed by atoms with E-state index in [4.69, 9.17) is 0 Å². The number of nitrogens with zero attached hydrogens (tertiary/aromatic N) is 2. The first-order chi connectivity index (χ1) is 6.50. The normalized spacial score (nSPS) is 10.9. The van der Waals surface area contributed by atoms with E-state index in [2.05, 4.69) is 9.88 Å². The van der Waals surface area contributed by atoms with Gasteiger partial charge in [0.2, 0.25) is 0 Å². The van der Waals surface area contributed by atoms with Gasteiger partial charge < -0.3 is 4.90 Å². The summed E-state index contributed by atoms with van der Waals surface area (Å²) in [5, 5.41) is 1.06. The van der Waals surface area contributed by atoms with Crippen LogP contribution in [0.2, 0.25) is 0 Å². The topological polar surface area (TPSA) is 33.2 Å². The highest BCUT2D eigenvalue weighted by Gasteiger charge is 2.10. The molecule has 1 aromatic heterocycles. The fourth-order valence-corrected chi connectivity index (χ4v) is 2.15. The molecule has 0 spiro atoms. The number of carbonyl (C=O) groups excluding carboxylic acids is 1. The second-order valence-corrected chi connectivity index (χ2v) is 4.72. The van der Waals surface area contributed by atoms with Crippen molar-refractivity contribution in [1.82, 2.24) is 9.88 Å². The summed E-state index contributed by atoms with van der Waals surface area (Å²) >= 11 is 1.52. The molecule has 0 aromatic carbocycles. The van der Waals surface area contributed by atoms with Crippen molar-refractivity contribution < 1.29 is 4.79 Å². The number of carbonyl (C=O) groups is 1. The summed E-state index contributed by atoms with van der Waals surface area (Å²) < 4.78 is 0. The van der Waals surface area contributed by atoms with Gasteiger partial charge in [0.25, 0.3) is 0 Å². The fourth-order valence-electron chi connectivity index (χ4n) is 1.21. The van der Waals surface area contributed by atoms with E-state index in [9.17, 15) is 4.79 Å². The smallest absolute Gasteiger partial charge is 0.171 e. The van der Waals surface area contributed by atoms with Crippen molar-refractivity contribution >= 4 is 17.1 Å². The molecule has 0 saturated heterocycles. The summed E-state index contributed by atoms with van der Waals surface area (Å²) in [6.45, 7) is 4.47. The van der Waals surface area contributed by atoms with Crippen LogP contribution in [-0.2, 0) is 6.42 Å². The van der Waals surface area contributed by atoms with Gasteiger partial charge in [0.05, 0.1) is 15.6 Å². The zero-order valence-corrected chi connectivity index (χ0v) is 9.94. The first-order valence-corrected chi connectivity index (χ1v) is 5.44. The maximum atomic E-state index is 11.2. The molecule has 0 amide bonds. The number of hydrogen-bond donors (Lipinski definition) is 0. The molecule has 0 saturated carbocycles. The quantitative estimate of drug-likeness (QED) is 0.713. The van der Waals surface area contributed by atoms with Crippen molar-refractivity contribution in [1.29, 1.82) is 0 Å². The first kappa shape index (κ1) is 11.3. The highest BCUT2D eigenvalue weighted by atomic mass is 32.1. The molecule has 14 heavy (non-hydrogen) atoms. The monoisotopic (exact) mass is 212 g/mol. The van der Waals surface area contributed by atoms with Gasteiger partial charge in [0.15, 0.2) is 5.78 Å². The van der Waals surface area contributed by atoms with Crippen LogP contribution in [0, 0.1) is 6.92 Å². The molecule has 4 heteroatoms. The molecule has 0 bridgehead atoms. The van der Waals surface area contributed by atoms with E-state index in [0.717, 1.165) is 28.5 Å². The fraction of sp³-hybridized carbons (Fsp3) is 0.600. The number of rotatable bonds is 4. The van der Waals surface area contributed by atoms with Crippen LogP contribution in [0.15, 0.2) is 0 Å². The molecule has 0 aliphatic rings. The third-order valence-electron chi connectivity index (χ3n) is 1.93. The molecule has 0 N–H and O–H groups in total. The van der Waals surface area contributed by atoms with Crippen molar-refractivity contribution in [2.75, 3.05) is 20.6 Å². The van der Waals surface area contributed by atoms with Gasteiger partial charge in [0, 0.05) is 19.9 Å². The van der Waals surface area contributed by atoms with Crippen LogP contribution in [0.25, 0.3) is 0 Å². The second-order valence-electron chi connectivity index (χ2n) is 3.63. The molecular weight excluding hydrogens is 196 g/mol. The minimum atomic E-state index is 0.121. The number of hydrogen-bond acceptors (Lipinski definition) is 4. The van der Waals surface area contributed by atoms with Crippen LogP contribution >= 0.6 is 11.3 Å². The molecule has 0 aliphatic carbocycles. The van der Waals surface area contributed by atoms with Crippen LogP contribution < -0.4 is 0 Å². The van der Waals surface area contributed by atoms with Crippen molar-refractivity contribution in [3.05, 3.63) is 15.6 Å². The Labute approximate surface area is 88.8 Å². The predicted octanol–water partition coefficient (Wildman–Crippen LogP) is 1.76. The molecule has 78 valence electrons. The van der Waals surface area contributed by atoms with Gasteiger partial charge in [-0.25, -0.2) is 4.98 Å². The van der Waals surface area contributed by atoms with Crippen LogP contribution in [0.4, 0.5) is 0 Å². The number of aromatic nitrogens is 1. The summed E-state index contributed by atoms with van der Waals surface area (Å²) in [4.78, 5) is 18.5. The first-order valence-electron chi connectivity index (χ1n) is 4.62. The van der Waals surface area contributed by atoms with Crippen molar-refractivity contribution in [3.8, 4) is 0 Å². The minimum Gasteiger partial charge on any atom is -0.309 e. The lowest BCUT2D eigenvalue weighted by Gasteiger charge is -2.06. The lowest BCUT2D eigenvalue weighted by atomic mass is 10.3. The minimum absolute atomic E-state index is 0.121. The molecule has 0 unspecified atom stereocenters. The number of likely N-dealkylation sites (N-methyl/N-ethyl adjacent to an activating group) is 1. The van der Waals surface area contributed by atoms with Crippen LogP contribution in [0.3, 0.4) is 0 Å². The molecule has 0 atom stereocenters. The van der Waals surface area contributed by atoms with E-state index in [1.807, 2.05) is 21.0 Å². The number of ketones is 1. The Morgan fingerprint density at radius 2 is 2.14 bits per heavy atom. The Morgan fingerprint density at radius 3 is 2.57 bits per heavy atom. The zero-order valence-electron chi connectivity index (χ0n) is 9.13. The largest absolute Gasteiger partial charge is 0.309 e. The standard InChI is InChI=1S/C10H16N2OS/c1-7-10(8(2)13)14-9(11-7)5-6-12(3)4/h5-6H2,1-4H3.